The first kappa shape index (κ1) is 14.6. The summed E-state index contributed by atoms with van der Waals surface area (Å²) in [6.07, 6.45) is 2.16. The first-order chi connectivity index (χ1) is 10.6. The number of fused-ring (bicyclic) bond motifs is 1. The summed E-state index contributed by atoms with van der Waals surface area (Å²) in [5.74, 6) is 0.0297. The van der Waals surface area contributed by atoms with Crippen LogP contribution in [0.15, 0.2) is 18.2 Å². The number of aliphatic hydroxyl groups excluding tert-OH is 1. The van der Waals surface area contributed by atoms with Gasteiger partial charge in [-0.3, -0.25) is 9.59 Å². The highest BCUT2D eigenvalue weighted by molar-refractivity contribution is 6.39. The van der Waals surface area contributed by atoms with Crippen molar-refractivity contribution in [1.29, 1.82) is 0 Å². The second-order valence-electron chi connectivity index (χ2n) is 5.47. The highest BCUT2D eigenvalue weighted by atomic mass is 16.7. The number of benzene rings is 1. The molecule has 1 heterocycles. The Morgan fingerprint density at radius 1 is 1.23 bits per heavy atom. The lowest BCUT2D eigenvalue weighted by Crippen LogP contribution is -2.37. The van der Waals surface area contributed by atoms with E-state index >= 15 is 0 Å². The molecule has 1 aromatic rings. The van der Waals surface area contributed by atoms with E-state index in [1.165, 1.54) is 0 Å². The molecule has 3 N–H and O–H groups in total. The molecular formula is C15H18N2O5. The number of nitrogens with one attached hydrogen (secondary N) is 2. The molecule has 0 unspecified atom stereocenters. The summed E-state index contributed by atoms with van der Waals surface area (Å²) in [6.45, 7) is 0.432. The predicted molar refractivity (Wildman–Crippen MR) is 77.6 cm³/mol. The minimum atomic E-state index is -0.750. The Morgan fingerprint density at radius 2 is 2.00 bits per heavy atom. The standard InChI is InChI=1S/C15H18N2O5/c18-11(9-1-2-9)5-6-16-14(19)15(20)17-10-3-4-12-13(7-10)22-8-21-12/h3-4,7,9,11,18H,1-2,5-6,8H2,(H,16,19)(H,17,20)/t11-/m1/s1. The number of hydrogen-bond donors (Lipinski definition) is 3. The maximum Gasteiger partial charge on any atom is 0.313 e. The summed E-state index contributed by atoms with van der Waals surface area (Å²) >= 11 is 0. The van der Waals surface area contributed by atoms with Crippen molar-refractivity contribution in [1.82, 2.24) is 5.32 Å². The maximum atomic E-state index is 11.8. The van der Waals surface area contributed by atoms with Crippen LogP contribution in [-0.2, 0) is 9.59 Å². The SMILES string of the molecule is O=C(NCC[C@@H](O)C1CC1)C(=O)Nc1ccc2c(c1)OCO2. The summed E-state index contributed by atoms with van der Waals surface area (Å²) in [5, 5.41) is 14.7. The average Bonchev–Trinajstić information content (AvgIpc) is 3.25. The third-order valence-electron chi connectivity index (χ3n) is 3.73. The zero-order valence-corrected chi connectivity index (χ0v) is 12.0. The molecule has 1 aliphatic carbocycles. The van der Waals surface area contributed by atoms with Gasteiger partial charge in [0.2, 0.25) is 6.79 Å². The Hall–Kier alpha value is -2.28. The Bertz CT molecular complexity index is 585. The van der Waals surface area contributed by atoms with Crippen molar-refractivity contribution in [3.63, 3.8) is 0 Å². The molecule has 0 bridgehead atoms. The maximum absolute atomic E-state index is 11.8. The highest BCUT2D eigenvalue weighted by Gasteiger charge is 2.29. The van der Waals surface area contributed by atoms with Gasteiger partial charge in [-0.25, -0.2) is 0 Å². The molecule has 1 aliphatic heterocycles. The molecule has 1 saturated carbocycles. The monoisotopic (exact) mass is 306 g/mol. The Kier molecular flexibility index (Phi) is 4.15. The van der Waals surface area contributed by atoms with Gasteiger partial charge >= 0.3 is 11.8 Å². The molecule has 1 fully saturated rings. The Morgan fingerprint density at radius 3 is 2.77 bits per heavy atom. The molecule has 0 saturated heterocycles. The minimum absolute atomic E-state index is 0.149. The fourth-order valence-corrected chi connectivity index (χ4v) is 2.29. The number of carbonyl (C=O) groups is 2. The normalized spacial score (nSPS) is 17.0. The van der Waals surface area contributed by atoms with Gasteiger partial charge in [-0.15, -0.1) is 0 Å². The fourth-order valence-electron chi connectivity index (χ4n) is 2.29. The summed E-state index contributed by atoms with van der Waals surface area (Å²) in [4.78, 5) is 23.5. The van der Waals surface area contributed by atoms with Crippen LogP contribution in [0, 0.1) is 5.92 Å². The molecule has 3 rings (SSSR count). The van der Waals surface area contributed by atoms with Gasteiger partial charge in [-0.2, -0.15) is 0 Å². The second-order valence-corrected chi connectivity index (χ2v) is 5.47. The molecular weight excluding hydrogens is 288 g/mol. The summed E-state index contributed by atoms with van der Waals surface area (Å²) in [5.41, 5.74) is 0.461. The van der Waals surface area contributed by atoms with E-state index in [4.69, 9.17) is 9.47 Å². The zero-order chi connectivity index (χ0) is 15.5. The zero-order valence-electron chi connectivity index (χ0n) is 12.0. The van der Waals surface area contributed by atoms with E-state index in [9.17, 15) is 14.7 Å². The van der Waals surface area contributed by atoms with E-state index in [-0.39, 0.29) is 13.3 Å². The third kappa shape index (κ3) is 3.48. The lowest BCUT2D eigenvalue weighted by Gasteiger charge is -2.10. The summed E-state index contributed by atoms with van der Waals surface area (Å²) < 4.78 is 10.4. The van der Waals surface area contributed by atoms with Gasteiger partial charge in [-0.1, -0.05) is 0 Å². The Labute approximate surface area is 127 Å². The Balaban J connectivity index is 1.45. The van der Waals surface area contributed by atoms with Crippen molar-refractivity contribution >= 4 is 17.5 Å². The van der Waals surface area contributed by atoms with Gasteiger partial charge in [0.15, 0.2) is 11.5 Å². The first-order valence-corrected chi connectivity index (χ1v) is 7.30. The van der Waals surface area contributed by atoms with Crippen molar-refractivity contribution in [2.75, 3.05) is 18.7 Å². The highest BCUT2D eigenvalue weighted by Crippen LogP contribution is 2.34. The van der Waals surface area contributed by atoms with E-state index in [2.05, 4.69) is 10.6 Å². The molecule has 7 nitrogen and oxygen atoms in total. The van der Waals surface area contributed by atoms with Crippen LogP contribution in [0.2, 0.25) is 0 Å². The number of rotatable bonds is 5. The topological polar surface area (TPSA) is 96.9 Å². The summed E-state index contributed by atoms with van der Waals surface area (Å²) in [7, 11) is 0. The smallest absolute Gasteiger partial charge is 0.313 e. The third-order valence-corrected chi connectivity index (χ3v) is 3.73. The van der Waals surface area contributed by atoms with E-state index in [1.807, 2.05) is 0 Å². The largest absolute Gasteiger partial charge is 0.454 e. The van der Waals surface area contributed by atoms with E-state index in [1.54, 1.807) is 18.2 Å². The molecule has 2 aliphatic rings. The van der Waals surface area contributed by atoms with Crippen LogP contribution in [0.3, 0.4) is 0 Å². The molecule has 0 radical (unpaired) electrons. The first-order valence-electron chi connectivity index (χ1n) is 7.30. The van der Waals surface area contributed by atoms with Gasteiger partial charge in [0, 0.05) is 18.3 Å². The molecule has 0 aromatic heterocycles. The molecule has 2 amide bonds. The number of aliphatic hydroxyl groups is 1. The van der Waals surface area contributed by atoms with E-state index in [0.29, 0.717) is 29.5 Å². The van der Waals surface area contributed by atoms with Crippen LogP contribution in [0.25, 0.3) is 0 Å². The molecule has 1 atom stereocenters. The number of ether oxygens (including phenoxy) is 2. The van der Waals surface area contributed by atoms with Crippen LogP contribution in [-0.4, -0.2) is 36.4 Å². The average molecular weight is 306 g/mol. The van der Waals surface area contributed by atoms with Crippen LogP contribution in [0.4, 0.5) is 5.69 Å². The van der Waals surface area contributed by atoms with Crippen molar-refractivity contribution < 1.29 is 24.2 Å². The molecule has 22 heavy (non-hydrogen) atoms. The van der Waals surface area contributed by atoms with Gasteiger partial charge < -0.3 is 25.2 Å². The van der Waals surface area contributed by atoms with Crippen LogP contribution in [0.1, 0.15) is 19.3 Å². The predicted octanol–water partition coefficient (Wildman–Crippen LogP) is 0.631. The summed E-state index contributed by atoms with van der Waals surface area (Å²) in [6, 6.07) is 4.90. The molecule has 0 spiro atoms. The van der Waals surface area contributed by atoms with Gasteiger partial charge in [-0.05, 0) is 37.3 Å². The van der Waals surface area contributed by atoms with Crippen molar-refractivity contribution in [3.05, 3.63) is 18.2 Å². The number of anilines is 1. The quantitative estimate of drug-likeness (QED) is 0.693. The van der Waals surface area contributed by atoms with Crippen LogP contribution >= 0.6 is 0 Å². The van der Waals surface area contributed by atoms with Crippen LogP contribution < -0.4 is 20.1 Å². The van der Waals surface area contributed by atoms with Gasteiger partial charge in [0.25, 0.3) is 0 Å². The molecule has 118 valence electrons. The molecule has 7 heteroatoms. The van der Waals surface area contributed by atoms with Crippen molar-refractivity contribution in [3.8, 4) is 11.5 Å². The van der Waals surface area contributed by atoms with E-state index in [0.717, 1.165) is 12.8 Å². The number of carbonyl (C=O) groups excluding carboxylic acids is 2. The fraction of sp³-hybridized carbons (Fsp3) is 0.467. The second kappa shape index (κ2) is 6.23. The molecule has 1 aromatic carbocycles. The lowest BCUT2D eigenvalue weighted by atomic mass is 10.2. The van der Waals surface area contributed by atoms with E-state index < -0.39 is 17.9 Å². The van der Waals surface area contributed by atoms with Gasteiger partial charge in [0.1, 0.15) is 0 Å². The van der Waals surface area contributed by atoms with Crippen molar-refractivity contribution in [2.24, 2.45) is 5.92 Å². The number of hydrogen-bond acceptors (Lipinski definition) is 5. The minimum Gasteiger partial charge on any atom is -0.454 e. The van der Waals surface area contributed by atoms with Crippen molar-refractivity contribution in [2.45, 2.75) is 25.4 Å². The number of amides is 2. The lowest BCUT2D eigenvalue weighted by molar-refractivity contribution is -0.136. The van der Waals surface area contributed by atoms with Gasteiger partial charge in [0.05, 0.1) is 6.10 Å². The van der Waals surface area contributed by atoms with Crippen LogP contribution in [0.5, 0.6) is 11.5 Å².